The molecule has 0 bridgehead atoms. The fourth-order valence-corrected chi connectivity index (χ4v) is 2.94. The van der Waals surface area contributed by atoms with E-state index in [9.17, 15) is 9.18 Å². The molecule has 1 saturated heterocycles. The minimum absolute atomic E-state index is 0.155. The Kier molecular flexibility index (Phi) is 5.25. The number of rotatable bonds is 6. The Morgan fingerprint density at radius 1 is 1.46 bits per heavy atom. The van der Waals surface area contributed by atoms with Gasteiger partial charge in [-0.2, -0.15) is 5.10 Å². The summed E-state index contributed by atoms with van der Waals surface area (Å²) in [5.41, 5.74) is 1.71. The Balaban J connectivity index is 1.74. The molecule has 2 heterocycles. The van der Waals surface area contributed by atoms with E-state index >= 15 is 0 Å². The van der Waals surface area contributed by atoms with E-state index in [0.717, 1.165) is 31.7 Å². The molecule has 1 unspecified atom stereocenters. The van der Waals surface area contributed by atoms with Crippen molar-refractivity contribution in [3.63, 3.8) is 0 Å². The van der Waals surface area contributed by atoms with Gasteiger partial charge in [0.25, 0.3) is 5.91 Å². The van der Waals surface area contributed by atoms with Gasteiger partial charge in [0.2, 0.25) is 0 Å². The molecule has 1 aliphatic rings. The number of H-pyrrole nitrogens is 1. The molecule has 1 aromatic carbocycles. The van der Waals surface area contributed by atoms with E-state index < -0.39 is 0 Å². The smallest absolute Gasteiger partial charge is 0.272 e. The number of amides is 1. The van der Waals surface area contributed by atoms with Crippen molar-refractivity contribution in [1.29, 1.82) is 0 Å². The van der Waals surface area contributed by atoms with Crippen molar-refractivity contribution in [2.45, 2.75) is 26.3 Å². The van der Waals surface area contributed by atoms with Gasteiger partial charge in [0.1, 0.15) is 11.5 Å². The molecule has 5 nitrogen and oxygen atoms in total. The molecule has 1 N–H and O–H groups in total. The van der Waals surface area contributed by atoms with Crippen LogP contribution in [0.4, 0.5) is 4.39 Å². The largest absolute Gasteiger partial charge is 0.381 e. The van der Waals surface area contributed by atoms with Crippen LogP contribution in [0.15, 0.2) is 30.3 Å². The number of halogens is 1. The van der Waals surface area contributed by atoms with Crippen molar-refractivity contribution >= 4 is 5.91 Å². The lowest BCUT2D eigenvalue weighted by Gasteiger charge is -2.23. The van der Waals surface area contributed by atoms with Gasteiger partial charge in [-0.3, -0.25) is 9.89 Å². The van der Waals surface area contributed by atoms with Gasteiger partial charge >= 0.3 is 0 Å². The first kappa shape index (κ1) is 16.6. The highest BCUT2D eigenvalue weighted by Gasteiger charge is 2.22. The molecule has 0 aliphatic carbocycles. The molecule has 128 valence electrons. The van der Waals surface area contributed by atoms with Crippen LogP contribution in [0.1, 0.15) is 34.6 Å². The monoisotopic (exact) mass is 331 g/mol. The van der Waals surface area contributed by atoms with Crippen LogP contribution in [0.25, 0.3) is 0 Å². The molecule has 24 heavy (non-hydrogen) atoms. The fraction of sp³-hybridized carbons (Fsp3) is 0.444. The van der Waals surface area contributed by atoms with E-state index in [2.05, 4.69) is 10.2 Å². The number of aromatic nitrogens is 2. The van der Waals surface area contributed by atoms with Gasteiger partial charge < -0.3 is 9.64 Å². The average molecular weight is 331 g/mol. The van der Waals surface area contributed by atoms with E-state index in [1.54, 1.807) is 29.2 Å². The number of carbonyl (C=O) groups excluding carboxylic acids is 1. The fourth-order valence-electron chi connectivity index (χ4n) is 2.94. The summed E-state index contributed by atoms with van der Waals surface area (Å²) in [5.74, 6) is 0.0162. The van der Waals surface area contributed by atoms with Crippen molar-refractivity contribution in [1.82, 2.24) is 15.1 Å². The summed E-state index contributed by atoms with van der Waals surface area (Å²) < 4.78 is 19.4. The van der Waals surface area contributed by atoms with Gasteiger partial charge in [-0.25, -0.2) is 4.39 Å². The van der Waals surface area contributed by atoms with Crippen molar-refractivity contribution in [3.8, 4) is 0 Å². The van der Waals surface area contributed by atoms with E-state index in [4.69, 9.17) is 4.74 Å². The quantitative estimate of drug-likeness (QED) is 0.885. The number of nitrogens with one attached hydrogen (secondary N) is 1. The minimum atomic E-state index is -0.291. The first-order valence-corrected chi connectivity index (χ1v) is 8.26. The van der Waals surface area contributed by atoms with Crippen LogP contribution in [0.3, 0.4) is 0 Å². The normalized spacial score (nSPS) is 17.2. The molecule has 0 spiro atoms. The number of hydrogen-bond donors (Lipinski definition) is 1. The zero-order valence-corrected chi connectivity index (χ0v) is 13.8. The van der Waals surface area contributed by atoms with Crippen LogP contribution >= 0.6 is 0 Å². The summed E-state index contributed by atoms with van der Waals surface area (Å²) in [5, 5.41) is 6.77. The van der Waals surface area contributed by atoms with Gasteiger partial charge in [-0.15, -0.1) is 0 Å². The van der Waals surface area contributed by atoms with Crippen molar-refractivity contribution < 1.29 is 13.9 Å². The number of benzene rings is 1. The molecule has 3 rings (SSSR count). The highest BCUT2D eigenvalue weighted by atomic mass is 19.1. The molecule has 1 atom stereocenters. The maximum atomic E-state index is 14.0. The van der Waals surface area contributed by atoms with Crippen LogP contribution < -0.4 is 0 Å². The summed E-state index contributed by atoms with van der Waals surface area (Å²) in [6.07, 6.45) is 1.87. The lowest BCUT2D eigenvalue weighted by atomic mass is 10.0. The topological polar surface area (TPSA) is 58.2 Å². The Morgan fingerprint density at radius 3 is 2.96 bits per heavy atom. The van der Waals surface area contributed by atoms with Crippen LogP contribution in [-0.2, 0) is 11.3 Å². The van der Waals surface area contributed by atoms with Gasteiger partial charge in [0.15, 0.2) is 0 Å². The molecule has 1 fully saturated rings. The molecule has 1 aliphatic heterocycles. The lowest BCUT2D eigenvalue weighted by molar-refractivity contribution is 0.0722. The number of aromatic amines is 1. The molecule has 6 heteroatoms. The third-order valence-corrected chi connectivity index (χ3v) is 4.37. The third kappa shape index (κ3) is 4.00. The summed E-state index contributed by atoms with van der Waals surface area (Å²) in [7, 11) is 0. The lowest BCUT2D eigenvalue weighted by Crippen LogP contribution is -2.33. The SMILES string of the molecule is Cc1cc(C(=O)N(CCC2CCOC2)Cc2ccccc2F)[nH]n1. The van der Waals surface area contributed by atoms with Gasteiger partial charge in [0.05, 0.1) is 5.69 Å². The van der Waals surface area contributed by atoms with E-state index in [0.29, 0.717) is 23.7 Å². The Labute approximate surface area is 140 Å². The summed E-state index contributed by atoms with van der Waals surface area (Å²) >= 11 is 0. The highest BCUT2D eigenvalue weighted by Crippen LogP contribution is 2.19. The number of hydrogen-bond acceptors (Lipinski definition) is 3. The van der Waals surface area contributed by atoms with Gasteiger partial charge in [-0.05, 0) is 37.8 Å². The zero-order chi connectivity index (χ0) is 16.9. The number of aryl methyl sites for hydroxylation is 1. The zero-order valence-electron chi connectivity index (χ0n) is 13.8. The van der Waals surface area contributed by atoms with Crippen LogP contribution in [0, 0.1) is 18.7 Å². The second-order valence-corrected chi connectivity index (χ2v) is 6.26. The Hall–Kier alpha value is -2.21. The number of nitrogens with zero attached hydrogens (tertiary/aromatic N) is 2. The van der Waals surface area contributed by atoms with Crippen molar-refractivity contribution in [3.05, 3.63) is 53.1 Å². The number of ether oxygens (including phenoxy) is 1. The first-order chi connectivity index (χ1) is 11.6. The van der Waals surface area contributed by atoms with E-state index in [-0.39, 0.29) is 18.3 Å². The standard InChI is InChI=1S/C18H22FN3O2/c1-13-10-17(21-20-13)18(23)22(8-6-14-7-9-24-12-14)11-15-4-2-3-5-16(15)19/h2-5,10,14H,6-9,11-12H2,1H3,(H,20,21). The summed E-state index contributed by atoms with van der Waals surface area (Å²) in [6.45, 7) is 4.16. The molecule has 1 aromatic heterocycles. The van der Waals surface area contributed by atoms with Gasteiger partial charge in [-0.1, -0.05) is 18.2 Å². The maximum Gasteiger partial charge on any atom is 0.272 e. The van der Waals surface area contributed by atoms with E-state index in [1.165, 1.54) is 6.07 Å². The predicted octanol–water partition coefficient (Wildman–Crippen LogP) is 2.93. The Bertz CT molecular complexity index is 695. The summed E-state index contributed by atoms with van der Waals surface area (Å²) in [6, 6.07) is 8.29. The van der Waals surface area contributed by atoms with Crippen molar-refractivity contribution in [2.24, 2.45) is 5.92 Å². The second-order valence-electron chi connectivity index (χ2n) is 6.26. The van der Waals surface area contributed by atoms with Crippen LogP contribution in [-0.4, -0.2) is 40.8 Å². The molecule has 0 radical (unpaired) electrons. The Morgan fingerprint density at radius 2 is 2.29 bits per heavy atom. The molecular weight excluding hydrogens is 309 g/mol. The summed E-state index contributed by atoms with van der Waals surface area (Å²) in [4.78, 5) is 14.5. The molecular formula is C18H22FN3O2. The first-order valence-electron chi connectivity index (χ1n) is 8.26. The average Bonchev–Trinajstić information content (AvgIpc) is 3.24. The predicted molar refractivity (Wildman–Crippen MR) is 88.0 cm³/mol. The van der Waals surface area contributed by atoms with Crippen LogP contribution in [0.5, 0.6) is 0 Å². The molecule has 0 saturated carbocycles. The third-order valence-electron chi connectivity index (χ3n) is 4.37. The van der Waals surface area contributed by atoms with E-state index in [1.807, 2.05) is 6.92 Å². The second kappa shape index (κ2) is 7.57. The van der Waals surface area contributed by atoms with Crippen LogP contribution in [0.2, 0.25) is 0 Å². The number of carbonyl (C=O) groups is 1. The highest BCUT2D eigenvalue weighted by molar-refractivity contribution is 5.92. The molecule has 2 aromatic rings. The van der Waals surface area contributed by atoms with Crippen molar-refractivity contribution in [2.75, 3.05) is 19.8 Å². The molecule has 1 amide bonds. The minimum Gasteiger partial charge on any atom is -0.381 e. The maximum absolute atomic E-state index is 14.0. The van der Waals surface area contributed by atoms with Gasteiger partial charge in [0, 0.05) is 31.9 Å².